The van der Waals surface area contributed by atoms with Crippen molar-refractivity contribution < 1.29 is 5.11 Å². The van der Waals surface area contributed by atoms with Gasteiger partial charge in [-0.25, -0.2) is 9.97 Å². The van der Waals surface area contributed by atoms with Gasteiger partial charge in [0.05, 0.1) is 21.4 Å². The molecule has 5 heteroatoms. The van der Waals surface area contributed by atoms with Gasteiger partial charge in [0.1, 0.15) is 5.52 Å². The number of nitrogens with two attached hydrogens (primary N) is 1. The summed E-state index contributed by atoms with van der Waals surface area (Å²) in [6.07, 6.45) is 0. The van der Waals surface area contributed by atoms with Gasteiger partial charge in [0.2, 0.25) is 0 Å². The minimum absolute atomic E-state index is 0.0921. The molecule has 0 radical (unpaired) electrons. The third-order valence-corrected chi connectivity index (χ3v) is 4.91. The van der Waals surface area contributed by atoms with Crippen molar-refractivity contribution in [3.05, 3.63) is 76.8 Å². The summed E-state index contributed by atoms with van der Waals surface area (Å²) >= 11 is 3.35. The molecule has 0 aliphatic rings. The predicted molar refractivity (Wildman–Crippen MR) is 108 cm³/mol. The molecule has 4 nitrogen and oxygen atoms in total. The molecule has 0 bridgehead atoms. The average Bonchev–Trinajstić information content (AvgIpc) is 2.71. The molecule has 3 aromatic carbocycles. The fourth-order valence-corrected chi connectivity index (χ4v) is 3.20. The van der Waals surface area contributed by atoms with Crippen molar-refractivity contribution in [1.82, 2.24) is 9.97 Å². The van der Waals surface area contributed by atoms with Gasteiger partial charge in [0.15, 0.2) is 5.75 Å². The maximum absolute atomic E-state index is 10.4. The molecule has 26 heavy (non-hydrogen) atoms. The molecule has 0 aliphatic heterocycles. The number of aromatic nitrogens is 2. The van der Waals surface area contributed by atoms with Crippen LogP contribution in [0.25, 0.3) is 33.5 Å². The number of fused-ring (bicyclic) bond motifs is 1. The molecule has 4 rings (SSSR count). The third-order valence-electron chi connectivity index (χ3n) is 4.27. The Balaban J connectivity index is 2.02. The van der Waals surface area contributed by atoms with Crippen molar-refractivity contribution >= 4 is 27.0 Å². The Morgan fingerprint density at radius 3 is 2.15 bits per heavy atom. The lowest BCUT2D eigenvalue weighted by atomic mass is 10.0. The van der Waals surface area contributed by atoms with Gasteiger partial charge in [-0.05, 0) is 33.6 Å². The maximum Gasteiger partial charge on any atom is 0.157 e. The largest absolute Gasteiger partial charge is 0.504 e. The van der Waals surface area contributed by atoms with Crippen molar-refractivity contribution in [2.24, 2.45) is 5.73 Å². The maximum atomic E-state index is 10.4. The number of phenols is 1. The molecule has 0 amide bonds. The Morgan fingerprint density at radius 1 is 0.808 bits per heavy atom. The number of benzene rings is 3. The molecule has 0 saturated heterocycles. The predicted octanol–water partition coefficient (Wildman–Crippen LogP) is 4.89. The van der Waals surface area contributed by atoms with Crippen LogP contribution in [0.3, 0.4) is 0 Å². The van der Waals surface area contributed by atoms with Crippen LogP contribution in [0, 0.1) is 0 Å². The van der Waals surface area contributed by atoms with E-state index in [1.54, 1.807) is 6.07 Å². The Hall–Kier alpha value is -2.76. The minimum Gasteiger partial charge on any atom is -0.504 e. The first-order valence-corrected chi connectivity index (χ1v) is 9.00. The molecule has 0 unspecified atom stereocenters. The fourth-order valence-electron chi connectivity index (χ4n) is 2.88. The molecule has 0 spiro atoms. The second kappa shape index (κ2) is 6.86. The van der Waals surface area contributed by atoms with Crippen LogP contribution >= 0.6 is 15.9 Å². The average molecular weight is 406 g/mol. The van der Waals surface area contributed by atoms with E-state index in [0.717, 1.165) is 28.1 Å². The number of hydrogen-bond acceptors (Lipinski definition) is 4. The highest BCUT2D eigenvalue weighted by molar-refractivity contribution is 9.10. The van der Waals surface area contributed by atoms with Crippen LogP contribution in [0.4, 0.5) is 0 Å². The summed E-state index contributed by atoms with van der Waals surface area (Å²) < 4.78 is 0.594. The van der Waals surface area contributed by atoms with E-state index in [-0.39, 0.29) is 5.75 Å². The number of phenolic OH excluding ortho intramolecular Hbond substituents is 1. The molecule has 1 aromatic heterocycles. The van der Waals surface area contributed by atoms with Gasteiger partial charge in [-0.1, -0.05) is 54.6 Å². The topological polar surface area (TPSA) is 72.0 Å². The van der Waals surface area contributed by atoms with E-state index < -0.39 is 0 Å². The number of halogens is 1. The van der Waals surface area contributed by atoms with Gasteiger partial charge in [-0.2, -0.15) is 0 Å². The first-order chi connectivity index (χ1) is 12.7. The zero-order valence-corrected chi connectivity index (χ0v) is 15.4. The first-order valence-electron chi connectivity index (χ1n) is 8.21. The monoisotopic (exact) mass is 405 g/mol. The quantitative estimate of drug-likeness (QED) is 0.508. The number of rotatable bonds is 3. The van der Waals surface area contributed by atoms with Crippen LogP contribution in [0.1, 0.15) is 5.56 Å². The highest BCUT2D eigenvalue weighted by Crippen LogP contribution is 2.36. The van der Waals surface area contributed by atoms with Gasteiger partial charge in [-0.3, -0.25) is 0 Å². The highest BCUT2D eigenvalue weighted by atomic mass is 79.9. The minimum atomic E-state index is 0.0921. The van der Waals surface area contributed by atoms with Crippen LogP contribution in [-0.2, 0) is 6.54 Å². The standard InChI is InChI=1S/C21H16BrN3O/c22-16-10-11-17-20(21(16)26)25-19(15-8-6-13(12-23)7-9-15)18(24-17)14-4-2-1-3-5-14/h1-11,26H,12,23H2. The van der Waals surface area contributed by atoms with Gasteiger partial charge in [0.25, 0.3) is 0 Å². The summed E-state index contributed by atoms with van der Waals surface area (Å²) in [6.45, 7) is 0.489. The van der Waals surface area contributed by atoms with Gasteiger partial charge < -0.3 is 10.8 Å². The highest BCUT2D eigenvalue weighted by Gasteiger charge is 2.16. The Labute approximate surface area is 159 Å². The molecular weight excluding hydrogens is 390 g/mol. The van der Waals surface area contributed by atoms with Gasteiger partial charge >= 0.3 is 0 Å². The number of aromatic hydroxyl groups is 1. The van der Waals surface area contributed by atoms with Crippen LogP contribution < -0.4 is 5.73 Å². The molecule has 1 heterocycles. The van der Waals surface area contributed by atoms with Crippen LogP contribution in [0.2, 0.25) is 0 Å². The molecule has 0 fully saturated rings. The Morgan fingerprint density at radius 2 is 1.46 bits per heavy atom. The van der Waals surface area contributed by atoms with Crippen molar-refractivity contribution in [3.8, 4) is 28.3 Å². The summed E-state index contributed by atoms with van der Waals surface area (Å²) in [7, 11) is 0. The first kappa shape index (κ1) is 16.7. The van der Waals surface area contributed by atoms with Gasteiger partial charge in [0, 0.05) is 17.7 Å². The van der Waals surface area contributed by atoms with E-state index in [1.165, 1.54) is 0 Å². The van der Waals surface area contributed by atoms with Gasteiger partial charge in [-0.15, -0.1) is 0 Å². The molecule has 4 aromatic rings. The second-order valence-electron chi connectivity index (χ2n) is 5.95. The smallest absolute Gasteiger partial charge is 0.157 e. The molecule has 3 N–H and O–H groups in total. The second-order valence-corrected chi connectivity index (χ2v) is 6.81. The van der Waals surface area contributed by atoms with E-state index >= 15 is 0 Å². The summed E-state index contributed by atoms with van der Waals surface area (Å²) in [5.74, 6) is 0.0921. The lowest BCUT2D eigenvalue weighted by Crippen LogP contribution is -1.98. The molecule has 0 atom stereocenters. The third kappa shape index (κ3) is 2.96. The van der Waals surface area contributed by atoms with Crippen LogP contribution in [-0.4, -0.2) is 15.1 Å². The van der Waals surface area contributed by atoms with E-state index in [4.69, 9.17) is 15.7 Å². The molecular formula is C21H16BrN3O. The zero-order valence-electron chi connectivity index (χ0n) is 13.9. The lowest BCUT2D eigenvalue weighted by molar-refractivity contribution is 0.477. The number of hydrogen-bond donors (Lipinski definition) is 2. The lowest BCUT2D eigenvalue weighted by Gasteiger charge is -2.12. The molecule has 0 aliphatic carbocycles. The van der Waals surface area contributed by atoms with Crippen LogP contribution in [0.15, 0.2) is 71.2 Å². The Kier molecular flexibility index (Phi) is 4.41. The molecule has 128 valence electrons. The summed E-state index contributed by atoms with van der Waals surface area (Å²) in [6, 6.07) is 21.5. The van der Waals surface area contributed by atoms with E-state index in [2.05, 4.69) is 15.9 Å². The zero-order chi connectivity index (χ0) is 18.1. The van der Waals surface area contributed by atoms with E-state index in [1.807, 2.05) is 60.7 Å². The van der Waals surface area contributed by atoms with Crippen molar-refractivity contribution in [3.63, 3.8) is 0 Å². The van der Waals surface area contributed by atoms with Crippen molar-refractivity contribution in [1.29, 1.82) is 0 Å². The van der Waals surface area contributed by atoms with E-state index in [0.29, 0.717) is 22.1 Å². The molecule has 0 saturated carbocycles. The van der Waals surface area contributed by atoms with Crippen LogP contribution in [0.5, 0.6) is 5.75 Å². The summed E-state index contributed by atoms with van der Waals surface area (Å²) in [5.41, 5.74) is 11.3. The van der Waals surface area contributed by atoms with Crippen molar-refractivity contribution in [2.75, 3.05) is 0 Å². The number of nitrogens with zero attached hydrogens (tertiary/aromatic N) is 2. The normalized spacial score (nSPS) is 11.0. The Bertz CT molecular complexity index is 1080. The fraction of sp³-hybridized carbons (Fsp3) is 0.0476. The van der Waals surface area contributed by atoms with E-state index in [9.17, 15) is 5.11 Å². The SMILES string of the molecule is NCc1ccc(-c2nc3c(O)c(Br)ccc3nc2-c2ccccc2)cc1. The summed E-state index contributed by atoms with van der Waals surface area (Å²) in [4.78, 5) is 9.56. The summed E-state index contributed by atoms with van der Waals surface area (Å²) in [5, 5.41) is 10.4. The van der Waals surface area contributed by atoms with Crippen molar-refractivity contribution in [2.45, 2.75) is 6.54 Å².